The predicted molar refractivity (Wildman–Crippen MR) is 110 cm³/mol. The van der Waals surface area contributed by atoms with E-state index >= 15 is 0 Å². The second-order valence-electron chi connectivity index (χ2n) is 6.40. The first-order chi connectivity index (χ1) is 12.2. The van der Waals surface area contributed by atoms with E-state index in [-0.39, 0.29) is 0 Å². The van der Waals surface area contributed by atoms with Gasteiger partial charge in [0.1, 0.15) is 0 Å². The van der Waals surface area contributed by atoms with E-state index in [4.69, 9.17) is 0 Å². The normalized spacial score (nSPS) is 16.6. The van der Waals surface area contributed by atoms with Crippen molar-refractivity contribution in [2.45, 2.75) is 13.5 Å². The van der Waals surface area contributed by atoms with Gasteiger partial charge in [-0.1, -0.05) is 60.2 Å². The molecule has 1 aliphatic rings. The van der Waals surface area contributed by atoms with E-state index in [0.29, 0.717) is 0 Å². The van der Waals surface area contributed by atoms with Crippen molar-refractivity contribution in [2.24, 2.45) is 5.10 Å². The van der Waals surface area contributed by atoms with Crippen LogP contribution in [0.2, 0.25) is 0 Å². The van der Waals surface area contributed by atoms with Crippen molar-refractivity contribution >= 4 is 28.2 Å². The van der Waals surface area contributed by atoms with Crippen LogP contribution in [0.15, 0.2) is 64.2 Å². The Morgan fingerprint density at radius 2 is 1.68 bits per heavy atom. The number of allylic oxidation sites excluding steroid dienone is 1. The van der Waals surface area contributed by atoms with Crippen molar-refractivity contribution in [1.82, 2.24) is 9.91 Å². The Morgan fingerprint density at radius 3 is 2.36 bits per heavy atom. The minimum atomic E-state index is 0.966. The molecule has 130 valence electrons. The van der Waals surface area contributed by atoms with Crippen LogP contribution < -0.4 is 0 Å². The van der Waals surface area contributed by atoms with Crippen LogP contribution in [-0.4, -0.2) is 42.3 Å². The highest BCUT2D eigenvalue weighted by atomic mass is 79.9. The summed E-state index contributed by atoms with van der Waals surface area (Å²) in [5.74, 6) is 0. The number of aryl methyl sites for hydroxylation is 1. The van der Waals surface area contributed by atoms with Gasteiger partial charge in [0.25, 0.3) is 0 Å². The van der Waals surface area contributed by atoms with Crippen molar-refractivity contribution in [3.05, 3.63) is 75.8 Å². The molecule has 1 heterocycles. The fourth-order valence-electron chi connectivity index (χ4n) is 2.85. The van der Waals surface area contributed by atoms with Gasteiger partial charge in [0.05, 0.1) is 6.21 Å². The average molecular weight is 398 g/mol. The lowest BCUT2D eigenvalue weighted by atomic mass is 10.1. The van der Waals surface area contributed by atoms with Gasteiger partial charge in [0.15, 0.2) is 0 Å². The summed E-state index contributed by atoms with van der Waals surface area (Å²) in [7, 11) is 0. The highest BCUT2D eigenvalue weighted by Crippen LogP contribution is 2.12. The number of hydrazone groups is 1. The van der Waals surface area contributed by atoms with Crippen molar-refractivity contribution in [3.8, 4) is 0 Å². The van der Waals surface area contributed by atoms with Crippen LogP contribution in [0.4, 0.5) is 0 Å². The summed E-state index contributed by atoms with van der Waals surface area (Å²) in [6, 6.07) is 19.1. The molecular weight excluding hydrogens is 374 g/mol. The van der Waals surface area contributed by atoms with Gasteiger partial charge in [-0.2, -0.15) is 5.10 Å². The third-order valence-corrected chi connectivity index (χ3v) is 4.76. The van der Waals surface area contributed by atoms with Gasteiger partial charge in [0, 0.05) is 37.2 Å². The SMILES string of the molecule is Cc1ccc(CN2CCN(N=C/C(Br)=C/c3ccccc3)CC2)cc1. The summed E-state index contributed by atoms with van der Waals surface area (Å²) in [6.07, 6.45) is 3.97. The predicted octanol–water partition coefficient (Wildman–Crippen LogP) is 4.53. The molecule has 0 atom stereocenters. The van der Waals surface area contributed by atoms with Gasteiger partial charge < -0.3 is 0 Å². The number of rotatable bonds is 5. The first kappa shape index (κ1) is 17.9. The Kier molecular flexibility index (Phi) is 6.42. The third kappa shape index (κ3) is 5.83. The lowest BCUT2D eigenvalue weighted by Gasteiger charge is -2.33. The zero-order valence-electron chi connectivity index (χ0n) is 14.6. The lowest BCUT2D eigenvalue weighted by molar-refractivity contribution is 0.131. The maximum Gasteiger partial charge on any atom is 0.0612 e. The Hall–Kier alpha value is -1.91. The summed E-state index contributed by atoms with van der Waals surface area (Å²) < 4.78 is 0.987. The first-order valence-electron chi connectivity index (χ1n) is 8.68. The third-order valence-electron chi connectivity index (χ3n) is 4.32. The van der Waals surface area contributed by atoms with Gasteiger partial charge in [-0.3, -0.25) is 9.91 Å². The van der Waals surface area contributed by atoms with Gasteiger partial charge in [-0.15, -0.1) is 0 Å². The van der Waals surface area contributed by atoms with E-state index in [1.807, 2.05) is 24.4 Å². The zero-order valence-corrected chi connectivity index (χ0v) is 16.2. The summed E-state index contributed by atoms with van der Waals surface area (Å²) in [5.41, 5.74) is 3.87. The fourth-order valence-corrected chi connectivity index (χ4v) is 3.20. The van der Waals surface area contributed by atoms with Crippen LogP contribution in [0.1, 0.15) is 16.7 Å². The van der Waals surface area contributed by atoms with Gasteiger partial charge in [-0.25, -0.2) is 0 Å². The molecule has 0 aliphatic carbocycles. The van der Waals surface area contributed by atoms with Crippen LogP contribution in [-0.2, 0) is 6.54 Å². The molecule has 2 aromatic rings. The Morgan fingerprint density at radius 1 is 1.00 bits per heavy atom. The minimum Gasteiger partial charge on any atom is -0.295 e. The lowest BCUT2D eigenvalue weighted by Crippen LogP contribution is -2.43. The average Bonchev–Trinajstić information content (AvgIpc) is 2.64. The minimum absolute atomic E-state index is 0.966. The molecule has 3 rings (SSSR count). The number of hydrogen-bond acceptors (Lipinski definition) is 3. The molecule has 0 bridgehead atoms. The maximum absolute atomic E-state index is 4.60. The van der Waals surface area contributed by atoms with E-state index in [1.54, 1.807) is 0 Å². The molecule has 0 N–H and O–H groups in total. The van der Waals surface area contributed by atoms with E-state index in [9.17, 15) is 0 Å². The molecule has 0 aromatic heterocycles. The number of nitrogens with zero attached hydrogens (tertiary/aromatic N) is 3. The van der Waals surface area contributed by atoms with E-state index in [1.165, 1.54) is 16.7 Å². The molecule has 0 amide bonds. The summed E-state index contributed by atoms with van der Waals surface area (Å²) in [6.45, 7) is 7.18. The molecule has 1 fully saturated rings. The molecule has 2 aromatic carbocycles. The largest absolute Gasteiger partial charge is 0.295 e. The molecule has 0 unspecified atom stereocenters. The topological polar surface area (TPSA) is 18.8 Å². The summed E-state index contributed by atoms with van der Waals surface area (Å²) in [4.78, 5) is 2.49. The quantitative estimate of drug-likeness (QED) is 0.689. The highest BCUT2D eigenvalue weighted by molar-refractivity contribution is 9.12. The van der Waals surface area contributed by atoms with Gasteiger partial charge in [0.2, 0.25) is 0 Å². The van der Waals surface area contributed by atoms with E-state index in [0.717, 1.165) is 37.2 Å². The smallest absolute Gasteiger partial charge is 0.0612 e. The van der Waals surface area contributed by atoms with Crippen LogP contribution in [0, 0.1) is 6.92 Å². The van der Waals surface area contributed by atoms with Crippen LogP contribution in [0.3, 0.4) is 0 Å². The summed E-state index contributed by atoms with van der Waals surface area (Å²) in [5, 5.41) is 6.74. The van der Waals surface area contributed by atoms with Gasteiger partial charge >= 0.3 is 0 Å². The van der Waals surface area contributed by atoms with Crippen molar-refractivity contribution in [3.63, 3.8) is 0 Å². The Balaban J connectivity index is 1.47. The van der Waals surface area contributed by atoms with Crippen LogP contribution in [0.5, 0.6) is 0 Å². The summed E-state index contributed by atoms with van der Waals surface area (Å²) >= 11 is 3.58. The first-order valence-corrected chi connectivity index (χ1v) is 9.47. The van der Waals surface area contributed by atoms with E-state index < -0.39 is 0 Å². The number of halogens is 1. The molecule has 0 saturated carbocycles. The van der Waals surface area contributed by atoms with E-state index in [2.05, 4.69) is 80.3 Å². The second-order valence-corrected chi connectivity index (χ2v) is 7.32. The molecule has 1 saturated heterocycles. The Labute approximate surface area is 158 Å². The van der Waals surface area contributed by atoms with Crippen molar-refractivity contribution in [2.75, 3.05) is 26.2 Å². The molecule has 0 radical (unpaired) electrons. The molecule has 1 aliphatic heterocycles. The van der Waals surface area contributed by atoms with Crippen molar-refractivity contribution < 1.29 is 0 Å². The molecular formula is C21H24BrN3. The molecule has 25 heavy (non-hydrogen) atoms. The number of hydrogen-bond donors (Lipinski definition) is 0. The molecule has 0 spiro atoms. The van der Waals surface area contributed by atoms with Crippen LogP contribution >= 0.6 is 15.9 Å². The van der Waals surface area contributed by atoms with Crippen LogP contribution in [0.25, 0.3) is 6.08 Å². The molecule has 4 heteroatoms. The Bertz CT molecular complexity index is 715. The fraction of sp³-hybridized carbons (Fsp3) is 0.286. The monoisotopic (exact) mass is 397 g/mol. The number of piperazine rings is 1. The highest BCUT2D eigenvalue weighted by Gasteiger charge is 2.15. The van der Waals surface area contributed by atoms with Gasteiger partial charge in [-0.05, 0) is 40.1 Å². The molecule has 3 nitrogen and oxygen atoms in total. The number of benzene rings is 2. The second kappa shape index (κ2) is 8.97. The standard InChI is InChI=1S/C21H24BrN3/c1-18-7-9-20(10-8-18)17-24-11-13-25(14-12-24)23-16-21(22)15-19-5-3-2-4-6-19/h2-10,15-16H,11-14,17H2,1H3/b21-15-,23-16?. The maximum atomic E-state index is 4.60. The van der Waals surface area contributed by atoms with Crippen molar-refractivity contribution in [1.29, 1.82) is 0 Å². The zero-order chi connectivity index (χ0) is 17.5.